The molecule has 1 amide bonds. The summed E-state index contributed by atoms with van der Waals surface area (Å²) in [6.45, 7) is -0.349. The van der Waals surface area contributed by atoms with Crippen LogP contribution in [-0.4, -0.2) is 31.5 Å². The first-order chi connectivity index (χ1) is 17.5. The van der Waals surface area contributed by atoms with Gasteiger partial charge in [-0.05, 0) is 48.5 Å². The molecule has 0 radical (unpaired) electrons. The second kappa shape index (κ2) is 9.80. The average Bonchev–Trinajstić information content (AvgIpc) is 3.33. The van der Waals surface area contributed by atoms with Crippen LogP contribution in [0.25, 0.3) is 21.6 Å². The lowest BCUT2D eigenvalue weighted by atomic mass is 10.2. The molecule has 2 aromatic carbocycles. The molecule has 3 N–H and O–H groups in total. The van der Waals surface area contributed by atoms with Crippen molar-refractivity contribution < 1.29 is 14.7 Å². The second-order valence-corrected chi connectivity index (χ2v) is 8.67. The fraction of sp³-hybridized carbons (Fsp3) is 0.0385. The summed E-state index contributed by atoms with van der Waals surface area (Å²) >= 11 is 1.07. The number of nitrogens with one attached hydrogen (secondary N) is 2. The van der Waals surface area contributed by atoms with Crippen molar-refractivity contribution in [2.75, 3.05) is 10.6 Å². The van der Waals surface area contributed by atoms with Gasteiger partial charge in [0.25, 0.3) is 5.56 Å². The van der Waals surface area contributed by atoms with Crippen LogP contribution >= 0.6 is 11.3 Å². The van der Waals surface area contributed by atoms with Gasteiger partial charge in [0.05, 0.1) is 10.9 Å². The number of carboxylic acid groups (broad SMARTS) is 1. The number of hydrogen-bond donors (Lipinski definition) is 3. The highest BCUT2D eigenvalue weighted by Gasteiger charge is 2.21. The largest absolute Gasteiger partial charge is 0.478 e. The SMILES string of the molecule is O=C(Cn1c(-c2ccncc2)nc2scc(C(=O)O)c2c1=O)Nc1ccc(Nc2ccccc2)cc1. The first-order valence-corrected chi connectivity index (χ1v) is 11.8. The normalized spacial score (nSPS) is 10.8. The molecule has 0 aliphatic heterocycles. The Morgan fingerprint density at radius 2 is 1.58 bits per heavy atom. The quantitative estimate of drug-likeness (QED) is 0.300. The zero-order valence-corrected chi connectivity index (χ0v) is 19.5. The van der Waals surface area contributed by atoms with E-state index in [1.165, 1.54) is 9.95 Å². The fourth-order valence-electron chi connectivity index (χ4n) is 3.72. The molecule has 9 nitrogen and oxygen atoms in total. The van der Waals surface area contributed by atoms with Crippen molar-refractivity contribution in [1.29, 1.82) is 0 Å². The van der Waals surface area contributed by atoms with Crippen LogP contribution in [0.4, 0.5) is 17.1 Å². The molecule has 10 heteroatoms. The number of aromatic nitrogens is 3. The van der Waals surface area contributed by atoms with E-state index in [2.05, 4.69) is 20.6 Å². The minimum Gasteiger partial charge on any atom is -0.478 e. The van der Waals surface area contributed by atoms with Gasteiger partial charge in [-0.25, -0.2) is 9.78 Å². The van der Waals surface area contributed by atoms with Crippen LogP contribution in [0.3, 0.4) is 0 Å². The van der Waals surface area contributed by atoms with Crippen molar-refractivity contribution in [1.82, 2.24) is 14.5 Å². The molecule has 0 aliphatic rings. The summed E-state index contributed by atoms with van der Waals surface area (Å²) in [5, 5.41) is 16.9. The third-order valence-electron chi connectivity index (χ3n) is 5.40. The highest BCUT2D eigenvalue weighted by atomic mass is 32.1. The van der Waals surface area contributed by atoms with Crippen LogP contribution < -0.4 is 16.2 Å². The Bertz CT molecular complexity index is 1610. The summed E-state index contributed by atoms with van der Waals surface area (Å²) in [6.07, 6.45) is 3.11. The number of thiophene rings is 1. The Balaban J connectivity index is 1.43. The number of nitrogens with zero attached hydrogens (tertiary/aromatic N) is 3. The molecule has 3 aromatic heterocycles. The molecule has 0 bridgehead atoms. The van der Waals surface area contributed by atoms with Gasteiger partial charge in [-0.1, -0.05) is 18.2 Å². The van der Waals surface area contributed by atoms with Crippen molar-refractivity contribution in [2.45, 2.75) is 6.54 Å². The first-order valence-electron chi connectivity index (χ1n) is 10.9. The van der Waals surface area contributed by atoms with Gasteiger partial charge in [-0.15, -0.1) is 11.3 Å². The standard InChI is InChI=1S/C26H19N5O4S/c32-21(29-19-8-6-18(7-9-19)28-17-4-2-1-3-5-17)14-31-23(16-10-12-27-13-11-16)30-24-22(25(31)33)20(15-36-24)26(34)35/h1-13,15,28H,14H2,(H,29,32)(H,34,35). The number of carboxylic acids is 1. The number of para-hydroxylation sites is 1. The second-order valence-electron chi connectivity index (χ2n) is 7.81. The number of rotatable bonds is 7. The summed E-state index contributed by atoms with van der Waals surface area (Å²) in [5.41, 5.74) is 2.19. The number of aromatic carboxylic acids is 1. The monoisotopic (exact) mass is 497 g/mol. The minimum atomic E-state index is -1.22. The van der Waals surface area contributed by atoms with Gasteiger partial charge >= 0.3 is 5.97 Å². The molecular formula is C26H19N5O4S. The Hall–Kier alpha value is -4.83. The van der Waals surface area contributed by atoms with Crippen LogP contribution in [0.2, 0.25) is 0 Å². The van der Waals surface area contributed by atoms with E-state index < -0.39 is 17.4 Å². The molecule has 3 heterocycles. The smallest absolute Gasteiger partial charge is 0.337 e. The van der Waals surface area contributed by atoms with E-state index in [0.717, 1.165) is 22.7 Å². The highest BCUT2D eigenvalue weighted by molar-refractivity contribution is 7.17. The lowest BCUT2D eigenvalue weighted by Gasteiger charge is -2.13. The number of carbonyl (C=O) groups is 2. The van der Waals surface area contributed by atoms with Crippen molar-refractivity contribution in [2.24, 2.45) is 0 Å². The average molecular weight is 498 g/mol. The van der Waals surface area contributed by atoms with Gasteiger partial charge < -0.3 is 15.7 Å². The molecule has 0 atom stereocenters. The third kappa shape index (κ3) is 4.70. The van der Waals surface area contributed by atoms with E-state index in [-0.39, 0.29) is 23.3 Å². The number of anilines is 3. The topological polar surface area (TPSA) is 126 Å². The van der Waals surface area contributed by atoms with Gasteiger partial charge in [-0.3, -0.25) is 19.1 Å². The zero-order valence-electron chi connectivity index (χ0n) is 18.7. The molecule has 0 saturated carbocycles. The van der Waals surface area contributed by atoms with Gasteiger partial charge in [0.15, 0.2) is 0 Å². The van der Waals surface area contributed by atoms with Gasteiger partial charge in [0.1, 0.15) is 17.2 Å². The van der Waals surface area contributed by atoms with Gasteiger partial charge in [-0.2, -0.15) is 0 Å². The highest BCUT2D eigenvalue weighted by Crippen LogP contribution is 2.25. The number of benzene rings is 2. The fourth-order valence-corrected chi connectivity index (χ4v) is 4.62. The van der Waals surface area contributed by atoms with E-state index in [9.17, 15) is 19.5 Å². The Morgan fingerprint density at radius 1 is 0.917 bits per heavy atom. The predicted octanol–water partition coefficient (Wildman–Crippen LogP) is 4.60. The maximum Gasteiger partial charge on any atom is 0.337 e. The summed E-state index contributed by atoms with van der Waals surface area (Å²) in [7, 11) is 0. The first kappa shape index (κ1) is 22.9. The molecule has 0 saturated heterocycles. The van der Waals surface area contributed by atoms with Crippen molar-refractivity contribution in [3.05, 3.63) is 100 Å². The van der Waals surface area contributed by atoms with E-state index in [0.29, 0.717) is 16.1 Å². The molecule has 178 valence electrons. The number of fused-ring (bicyclic) bond motifs is 1. The molecule has 0 fully saturated rings. The number of hydrogen-bond acceptors (Lipinski definition) is 7. The molecule has 0 spiro atoms. The third-order valence-corrected chi connectivity index (χ3v) is 6.27. The summed E-state index contributed by atoms with van der Waals surface area (Å²) in [4.78, 5) is 46.8. The molecule has 0 aliphatic carbocycles. The maximum atomic E-state index is 13.4. The molecule has 5 rings (SSSR count). The molecule has 5 aromatic rings. The predicted molar refractivity (Wildman–Crippen MR) is 139 cm³/mol. The van der Waals surface area contributed by atoms with E-state index >= 15 is 0 Å². The molecular weight excluding hydrogens is 478 g/mol. The van der Waals surface area contributed by atoms with Crippen LogP contribution in [0.1, 0.15) is 10.4 Å². The number of carbonyl (C=O) groups excluding carboxylic acids is 1. The van der Waals surface area contributed by atoms with Crippen molar-refractivity contribution >= 4 is 50.5 Å². The van der Waals surface area contributed by atoms with Crippen molar-refractivity contribution in [3.63, 3.8) is 0 Å². The molecule has 0 unspecified atom stereocenters. The lowest BCUT2D eigenvalue weighted by molar-refractivity contribution is -0.116. The van der Waals surface area contributed by atoms with E-state index in [1.54, 1.807) is 36.7 Å². The van der Waals surface area contributed by atoms with Crippen LogP contribution in [0.15, 0.2) is 89.3 Å². The van der Waals surface area contributed by atoms with Crippen LogP contribution in [0.5, 0.6) is 0 Å². The summed E-state index contributed by atoms with van der Waals surface area (Å²) in [5.74, 6) is -1.42. The Kier molecular flexibility index (Phi) is 6.25. The van der Waals surface area contributed by atoms with Crippen LogP contribution in [0, 0.1) is 0 Å². The lowest BCUT2D eigenvalue weighted by Crippen LogP contribution is -2.30. The van der Waals surface area contributed by atoms with E-state index in [1.807, 2.05) is 42.5 Å². The van der Waals surface area contributed by atoms with Crippen molar-refractivity contribution in [3.8, 4) is 11.4 Å². The van der Waals surface area contributed by atoms with Crippen LogP contribution in [-0.2, 0) is 11.3 Å². The Morgan fingerprint density at radius 3 is 2.28 bits per heavy atom. The van der Waals surface area contributed by atoms with Gasteiger partial charge in [0, 0.05) is 40.4 Å². The number of amides is 1. The summed E-state index contributed by atoms with van der Waals surface area (Å²) in [6, 6.07) is 20.2. The maximum absolute atomic E-state index is 13.4. The minimum absolute atomic E-state index is 0.0190. The van der Waals surface area contributed by atoms with E-state index in [4.69, 9.17) is 0 Å². The number of pyridine rings is 1. The van der Waals surface area contributed by atoms with Gasteiger partial charge in [0.2, 0.25) is 5.91 Å². The Labute approximate surface area is 208 Å². The zero-order chi connectivity index (χ0) is 25.1. The molecule has 36 heavy (non-hydrogen) atoms. The summed E-state index contributed by atoms with van der Waals surface area (Å²) < 4.78 is 1.19.